The van der Waals surface area contributed by atoms with Crippen molar-refractivity contribution in [1.82, 2.24) is 40.4 Å². The van der Waals surface area contributed by atoms with Gasteiger partial charge in [0, 0.05) is 31.1 Å². The number of amides is 4. The summed E-state index contributed by atoms with van der Waals surface area (Å²) in [6.45, 7) is 14.2. The molecule has 16 heteroatoms. The molecular formula is C52H66N8O8. The summed E-state index contributed by atoms with van der Waals surface area (Å²) in [7, 11) is 4.14. The lowest BCUT2D eigenvalue weighted by molar-refractivity contribution is -0.135. The van der Waals surface area contributed by atoms with Crippen LogP contribution in [0.2, 0.25) is 0 Å². The van der Waals surface area contributed by atoms with Crippen molar-refractivity contribution in [2.75, 3.05) is 47.6 Å². The van der Waals surface area contributed by atoms with Gasteiger partial charge in [-0.2, -0.15) is 0 Å². The minimum absolute atomic E-state index is 0.00365. The lowest BCUT2D eigenvalue weighted by Crippen LogP contribution is -2.44. The molecule has 68 heavy (non-hydrogen) atoms. The Bertz CT molecular complexity index is 2610. The highest BCUT2D eigenvalue weighted by Gasteiger charge is 2.30. The van der Waals surface area contributed by atoms with Crippen molar-refractivity contribution in [3.05, 3.63) is 102 Å². The van der Waals surface area contributed by atoms with Gasteiger partial charge in [0.15, 0.2) is 0 Å². The largest absolute Gasteiger partial charge is 0.488 e. The maximum Gasteiger partial charge on any atom is 0.407 e. The molecule has 2 atom stereocenters. The first-order valence-electron chi connectivity index (χ1n) is 22.9. The molecule has 0 fully saturated rings. The van der Waals surface area contributed by atoms with Crippen molar-refractivity contribution in [2.24, 2.45) is 5.92 Å². The number of carbonyl (C=O) groups excluding carboxylic acids is 4. The van der Waals surface area contributed by atoms with Crippen LogP contribution in [0.25, 0.3) is 44.2 Å². The first-order valence-corrected chi connectivity index (χ1v) is 22.9. The number of fused-ring (bicyclic) bond motifs is 6. The van der Waals surface area contributed by atoms with Crippen molar-refractivity contribution in [3.63, 3.8) is 0 Å². The van der Waals surface area contributed by atoms with Gasteiger partial charge in [0.2, 0.25) is 11.8 Å². The Morgan fingerprint density at radius 3 is 2.24 bits per heavy atom. The van der Waals surface area contributed by atoms with Crippen molar-refractivity contribution in [2.45, 2.75) is 80.1 Å². The second-order valence-electron chi connectivity index (χ2n) is 15.7. The number of aromatic nitrogens is 4. The topological polar surface area (TPSA) is 193 Å². The van der Waals surface area contributed by atoms with Gasteiger partial charge in [-0.1, -0.05) is 96.5 Å². The van der Waals surface area contributed by atoms with Gasteiger partial charge in [0.1, 0.15) is 36.6 Å². The van der Waals surface area contributed by atoms with Gasteiger partial charge in [-0.15, -0.1) is 12.8 Å². The molecule has 4 N–H and O–H groups in total. The second-order valence-corrected chi connectivity index (χ2v) is 15.7. The summed E-state index contributed by atoms with van der Waals surface area (Å²) in [6, 6.07) is 22.5. The molecule has 0 radical (unpaired) electrons. The molecule has 4 amide bonds. The second kappa shape index (κ2) is 26.7. The van der Waals surface area contributed by atoms with Gasteiger partial charge < -0.3 is 49.3 Å². The van der Waals surface area contributed by atoms with Crippen LogP contribution in [-0.4, -0.2) is 101 Å². The molecule has 0 aliphatic carbocycles. The lowest BCUT2D eigenvalue weighted by Gasteiger charge is -2.29. The highest BCUT2D eigenvalue weighted by Crippen LogP contribution is 2.42. The number of nitrogens with zero attached hydrogens (tertiary/aromatic N) is 4. The van der Waals surface area contributed by atoms with E-state index in [2.05, 4.69) is 75.2 Å². The molecule has 4 aromatic carbocycles. The third-order valence-electron chi connectivity index (χ3n) is 10.6. The van der Waals surface area contributed by atoms with E-state index in [-0.39, 0.29) is 37.4 Å². The number of benzene rings is 4. The summed E-state index contributed by atoms with van der Waals surface area (Å²) in [5.41, 5.74) is 6.96. The number of hydrogen-bond acceptors (Lipinski definition) is 10. The van der Waals surface area contributed by atoms with Gasteiger partial charge in [-0.3, -0.25) is 9.59 Å². The van der Waals surface area contributed by atoms with E-state index in [0.717, 1.165) is 61.9 Å². The average molecular weight is 931 g/mol. The zero-order valence-electron chi connectivity index (χ0n) is 40.7. The number of aromatic amines is 2. The summed E-state index contributed by atoms with van der Waals surface area (Å²) < 4.78 is 21.2. The van der Waals surface area contributed by atoms with E-state index >= 15 is 0 Å². The number of carbonyl (C=O) groups is 4. The van der Waals surface area contributed by atoms with Crippen molar-refractivity contribution < 1.29 is 38.1 Å². The first-order chi connectivity index (χ1) is 33.0. The van der Waals surface area contributed by atoms with E-state index in [4.69, 9.17) is 19.2 Å². The van der Waals surface area contributed by atoms with Gasteiger partial charge >= 0.3 is 12.2 Å². The predicted octanol–water partition coefficient (Wildman–Crippen LogP) is 9.16. The first kappa shape index (κ1) is 53.2. The van der Waals surface area contributed by atoms with E-state index < -0.39 is 18.2 Å². The van der Waals surface area contributed by atoms with Crippen LogP contribution in [0.5, 0.6) is 5.75 Å². The third-order valence-corrected chi connectivity index (χ3v) is 10.6. The number of hydrogen-bond donors (Lipinski definition) is 4. The fourth-order valence-electron chi connectivity index (χ4n) is 7.66. The molecule has 0 saturated carbocycles. The van der Waals surface area contributed by atoms with Crippen LogP contribution in [0.4, 0.5) is 9.59 Å². The molecular weight excluding hydrogens is 865 g/mol. The minimum Gasteiger partial charge on any atom is -0.488 e. The van der Waals surface area contributed by atoms with Crippen molar-refractivity contribution >= 4 is 45.8 Å². The molecule has 3 heterocycles. The Kier molecular flexibility index (Phi) is 20.9. The fourth-order valence-corrected chi connectivity index (χ4v) is 7.66. The van der Waals surface area contributed by atoms with Crippen LogP contribution in [0.1, 0.15) is 83.2 Å². The van der Waals surface area contributed by atoms with E-state index in [9.17, 15) is 19.2 Å². The van der Waals surface area contributed by atoms with Gasteiger partial charge in [0.05, 0.1) is 56.8 Å². The molecule has 0 spiro atoms. The monoisotopic (exact) mass is 931 g/mol. The summed E-state index contributed by atoms with van der Waals surface area (Å²) in [5.74, 6) is 1.40. The Hall–Kier alpha value is -7.38. The van der Waals surface area contributed by atoms with Gasteiger partial charge in [-0.25, -0.2) is 19.6 Å². The number of nitrogens with one attached hydrogen (secondary N) is 4. The SMILES string of the molecule is C#C.CC.CCC.CCCN(Cc1ncc(-c2ccc3c(c2)COc2cc4c(ccc5[nH]c(CN(C[C@@H](C)COC)C(=O)[C@H](NC(=O)OC)c6ccccc6)nc54)cc2-3)[nH]1)C(=O)CNC(=O)OC. The van der Waals surface area contributed by atoms with Crippen molar-refractivity contribution in [3.8, 4) is 41.0 Å². The van der Waals surface area contributed by atoms with Crippen LogP contribution in [0.15, 0.2) is 79.0 Å². The summed E-state index contributed by atoms with van der Waals surface area (Å²) in [5, 5.41) is 7.04. The molecule has 1 aliphatic rings. The van der Waals surface area contributed by atoms with E-state index in [1.807, 2.05) is 70.2 Å². The molecule has 362 valence electrons. The van der Waals surface area contributed by atoms with E-state index in [1.54, 1.807) is 35.2 Å². The summed E-state index contributed by atoms with van der Waals surface area (Å²) in [4.78, 5) is 70.7. The van der Waals surface area contributed by atoms with Crippen LogP contribution < -0.4 is 15.4 Å². The molecule has 16 nitrogen and oxygen atoms in total. The third kappa shape index (κ3) is 13.6. The highest BCUT2D eigenvalue weighted by atomic mass is 16.5. The predicted molar refractivity (Wildman–Crippen MR) is 265 cm³/mol. The smallest absolute Gasteiger partial charge is 0.407 e. The molecule has 0 bridgehead atoms. The Labute approximate surface area is 399 Å². The minimum atomic E-state index is -0.976. The highest BCUT2D eigenvalue weighted by molar-refractivity contribution is 6.07. The Balaban J connectivity index is 0.00000137. The molecule has 6 aromatic rings. The number of H-pyrrole nitrogens is 2. The molecule has 2 aromatic heterocycles. The number of rotatable bonds is 16. The van der Waals surface area contributed by atoms with Crippen molar-refractivity contribution in [1.29, 1.82) is 0 Å². The number of terminal acetylenes is 1. The molecule has 0 saturated heterocycles. The number of methoxy groups -OCH3 is 3. The molecule has 1 aliphatic heterocycles. The van der Waals surface area contributed by atoms with Crippen LogP contribution in [-0.2, 0) is 43.5 Å². The number of imidazole rings is 2. The molecule has 0 unspecified atom stereocenters. The van der Waals surface area contributed by atoms with Crippen LogP contribution in [0, 0.1) is 18.8 Å². The number of ether oxygens (including phenoxy) is 4. The summed E-state index contributed by atoms with van der Waals surface area (Å²) >= 11 is 0. The summed E-state index contributed by atoms with van der Waals surface area (Å²) in [6.07, 6.45) is 10.4. The Morgan fingerprint density at radius 1 is 0.853 bits per heavy atom. The quantitative estimate of drug-likeness (QED) is 0.0681. The van der Waals surface area contributed by atoms with E-state index in [0.29, 0.717) is 43.5 Å². The van der Waals surface area contributed by atoms with E-state index in [1.165, 1.54) is 20.6 Å². The van der Waals surface area contributed by atoms with Gasteiger partial charge in [-0.05, 0) is 64.2 Å². The lowest BCUT2D eigenvalue weighted by atomic mass is 9.92. The molecule has 7 rings (SSSR count). The van der Waals surface area contributed by atoms with Gasteiger partial charge in [0.25, 0.3) is 0 Å². The Morgan fingerprint density at radius 2 is 1.56 bits per heavy atom. The maximum atomic E-state index is 14.3. The normalized spacial score (nSPS) is 11.8. The maximum absolute atomic E-state index is 14.3. The number of alkyl carbamates (subject to hydrolysis) is 2. The van der Waals surface area contributed by atoms with Crippen LogP contribution >= 0.6 is 0 Å². The van der Waals surface area contributed by atoms with Crippen LogP contribution in [0.3, 0.4) is 0 Å². The zero-order chi connectivity index (χ0) is 49.8. The fraction of sp³-hybridized carbons (Fsp3) is 0.385. The standard InChI is InChI=1S/C45H50N8O8.C3H8.C2H6.C2H2/c1-6-16-52(40(54)21-47-44(56)59-4)23-38-46-20-36(49-38)30-12-14-32-31(17-30)26-61-37-19-33-29(18-34(32)37)13-15-35-42(33)50-39(48-35)24-53(22-27(2)25-58-3)43(55)41(51-45(57)60-5)28-10-8-7-9-11-28;1-3-2;2*1-2/h7-15,17-20,27,41H,6,16,21-26H2,1-5H3,(H,46,49)(H,47,56)(H,48,50)(H,51,57);3H2,1-2H3;1-2H3;1-2H/t27-,41-;;;/m1.../s1. The zero-order valence-corrected chi connectivity index (χ0v) is 40.7. The average Bonchev–Trinajstić information content (AvgIpc) is 4.02.